The highest BCUT2D eigenvalue weighted by Crippen LogP contribution is 2.39. The number of rotatable bonds is 4. The fourth-order valence-corrected chi connectivity index (χ4v) is 2.22. The van der Waals surface area contributed by atoms with Crippen molar-refractivity contribution in [3.63, 3.8) is 0 Å². The lowest BCUT2D eigenvalue weighted by Gasteiger charge is -2.17. The first-order valence-corrected chi connectivity index (χ1v) is 5.82. The lowest BCUT2D eigenvalue weighted by atomic mass is 10.1. The van der Waals surface area contributed by atoms with Crippen molar-refractivity contribution in [1.29, 1.82) is 0 Å². The van der Waals surface area contributed by atoms with E-state index in [4.69, 9.17) is 5.53 Å². The van der Waals surface area contributed by atoms with Gasteiger partial charge in [-0.3, -0.25) is 14.9 Å². The summed E-state index contributed by atoms with van der Waals surface area (Å²) >= 11 is 0. The van der Waals surface area contributed by atoms with Gasteiger partial charge in [0.2, 0.25) is 5.91 Å². The number of aromatic hydroxyl groups is 1. The molecule has 9 heteroatoms. The van der Waals surface area contributed by atoms with E-state index >= 15 is 0 Å². The molecule has 20 heavy (non-hydrogen) atoms. The van der Waals surface area contributed by atoms with Crippen LogP contribution in [0.4, 0.5) is 11.4 Å². The summed E-state index contributed by atoms with van der Waals surface area (Å²) in [7, 11) is 0. The summed E-state index contributed by atoms with van der Waals surface area (Å²) in [5.41, 5.74) is 7.83. The van der Waals surface area contributed by atoms with Crippen molar-refractivity contribution in [2.75, 3.05) is 18.0 Å². The Hall–Kier alpha value is -2.80. The highest BCUT2D eigenvalue weighted by atomic mass is 16.6. The number of azide groups is 1. The number of anilines is 1. The van der Waals surface area contributed by atoms with Crippen molar-refractivity contribution in [3.05, 3.63) is 38.8 Å². The number of hydrogen-bond acceptors (Lipinski definition) is 5. The minimum absolute atomic E-state index is 0.106. The van der Waals surface area contributed by atoms with Crippen LogP contribution in [0.5, 0.6) is 5.75 Å². The van der Waals surface area contributed by atoms with Gasteiger partial charge in [-0.2, -0.15) is 0 Å². The molecule has 0 aliphatic carbocycles. The number of carbonyl (C=O) groups excluding carboxylic acids is 1. The molecule has 1 atom stereocenters. The number of nitro groups is 1. The summed E-state index contributed by atoms with van der Waals surface area (Å²) in [5.74, 6) is -0.873. The molecular weight excluding hydrogens is 266 g/mol. The Labute approximate surface area is 113 Å². The van der Waals surface area contributed by atoms with Crippen LogP contribution < -0.4 is 4.90 Å². The van der Waals surface area contributed by atoms with Gasteiger partial charge in [-0.15, -0.1) is 0 Å². The molecule has 104 valence electrons. The van der Waals surface area contributed by atoms with E-state index in [1.54, 1.807) is 0 Å². The maximum absolute atomic E-state index is 11.9. The van der Waals surface area contributed by atoms with E-state index < -0.39 is 4.92 Å². The van der Waals surface area contributed by atoms with Crippen molar-refractivity contribution in [1.82, 2.24) is 0 Å². The first kappa shape index (κ1) is 13.6. The standard InChI is InChI=1S/C11H11N5O4/c12-14-13-5-7-4-10(18)15(6-7)11-8(16(19)20)2-1-3-9(11)17/h1-3,7,17H,4-6H2. The number of nitrogens with zero attached hydrogens (tertiary/aromatic N) is 5. The third-order valence-electron chi connectivity index (χ3n) is 3.07. The second-order valence-electron chi connectivity index (χ2n) is 4.39. The van der Waals surface area contributed by atoms with Gasteiger partial charge < -0.3 is 10.0 Å². The SMILES string of the molecule is [N-]=[N+]=NCC1CC(=O)N(c2c(O)cccc2[N+](=O)[O-])C1. The molecule has 1 fully saturated rings. The summed E-state index contributed by atoms with van der Waals surface area (Å²) in [4.78, 5) is 26.1. The quantitative estimate of drug-likeness (QED) is 0.296. The number of carbonyl (C=O) groups is 1. The molecule has 1 saturated heterocycles. The molecule has 0 spiro atoms. The normalized spacial score (nSPS) is 17.9. The van der Waals surface area contributed by atoms with E-state index in [1.807, 2.05) is 0 Å². The van der Waals surface area contributed by atoms with Crippen LogP contribution in [0.1, 0.15) is 6.42 Å². The number of amides is 1. The Morgan fingerprint density at radius 3 is 3.00 bits per heavy atom. The summed E-state index contributed by atoms with van der Waals surface area (Å²) < 4.78 is 0. The second-order valence-corrected chi connectivity index (χ2v) is 4.39. The van der Waals surface area contributed by atoms with Gasteiger partial charge in [-0.1, -0.05) is 11.2 Å². The molecule has 1 amide bonds. The van der Waals surface area contributed by atoms with Crippen LogP contribution in [-0.4, -0.2) is 29.0 Å². The smallest absolute Gasteiger partial charge is 0.296 e. The van der Waals surface area contributed by atoms with Crippen LogP contribution in [0.15, 0.2) is 23.3 Å². The molecule has 1 aliphatic rings. The summed E-state index contributed by atoms with van der Waals surface area (Å²) in [6, 6.07) is 3.86. The molecule has 0 bridgehead atoms. The molecule has 1 aromatic carbocycles. The van der Waals surface area contributed by atoms with Crippen molar-refractivity contribution in [3.8, 4) is 5.75 Å². The Balaban J connectivity index is 2.35. The summed E-state index contributed by atoms with van der Waals surface area (Å²) in [5, 5.41) is 24.2. The molecule has 1 aliphatic heterocycles. The average molecular weight is 277 g/mol. The number of nitro benzene ring substituents is 1. The van der Waals surface area contributed by atoms with Crippen LogP contribution in [0.25, 0.3) is 10.4 Å². The Morgan fingerprint density at radius 1 is 1.60 bits per heavy atom. The Kier molecular flexibility index (Phi) is 3.72. The first-order chi connectivity index (χ1) is 9.54. The maximum Gasteiger partial charge on any atom is 0.296 e. The lowest BCUT2D eigenvalue weighted by Crippen LogP contribution is -2.25. The molecule has 0 aromatic heterocycles. The Morgan fingerprint density at radius 2 is 2.35 bits per heavy atom. The molecule has 0 radical (unpaired) electrons. The van der Waals surface area contributed by atoms with Crippen molar-refractivity contribution < 1.29 is 14.8 Å². The monoisotopic (exact) mass is 277 g/mol. The van der Waals surface area contributed by atoms with Gasteiger partial charge in [-0.05, 0) is 17.5 Å². The van der Waals surface area contributed by atoms with Gasteiger partial charge in [0.25, 0.3) is 5.69 Å². The van der Waals surface area contributed by atoms with E-state index in [2.05, 4.69) is 10.0 Å². The fourth-order valence-electron chi connectivity index (χ4n) is 2.22. The number of hydrogen-bond donors (Lipinski definition) is 1. The minimum atomic E-state index is -0.650. The summed E-state index contributed by atoms with van der Waals surface area (Å²) in [6.07, 6.45) is 0.129. The molecule has 1 N–H and O–H groups in total. The molecule has 0 saturated carbocycles. The van der Waals surface area contributed by atoms with Gasteiger partial charge in [0, 0.05) is 30.5 Å². The number of benzene rings is 1. The first-order valence-electron chi connectivity index (χ1n) is 5.82. The molecule has 9 nitrogen and oxygen atoms in total. The zero-order chi connectivity index (χ0) is 14.7. The molecule has 1 unspecified atom stereocenters. The molecule has 1 heterocycles. The van der Waals surface area contributed by atoms with E-state index in [1.165, 1.54) is 23.1 Å². The van der Waals surface area contributed by atoms with Gasteiger partial charge in [0.1, 0.15) is 5.75 Å². The molecule has 2 rings (SSSR count). The molecular formula is C11H11N5O4. The van der Waals surface area contributed by atoms with Gasteiger partial charge in [0.15, 0.2) is 5.69 Å². The highest BCUT2D eigenvalue weighted by molar-refractivity contribution is 5.99. The molecule has 1 aromatic rings. The van der Waals surface area contributed by atoms with Crippen LogP contribution in [-0.2, 0) is 4.79 Å². The number of phenolic OH excluding ortho intramolecular Hbond substituents is 1. The topological polar surface area (TPSA) is 132 Å². The van der Waals surface area contributed by atoms with Crippen molar-refractivity contribution in [2.45, 2.75) is 6.42 Å². The lowest BCUT2D eigenvalue weighted by molar-refractivity contribution is -0.384. The Bertz CT molecular complexity index is 611. The second kappa shape index (κ2) is 5.45. The van der Waals surface area contributed by atoms with Crippen LogP contribution in [0, 0.1) is 16.0 Å². The number of phenols is 1. The number of para-hydroxylation sites is 1. The van der Waals surface area contributed by atoms with Gasteiger partial charge in [0.05, 0.1) is 4.92 Å². The predicted molar refractivity (Wildman–Crippen MR) is 69.2 cm³/mol. The average Bonchev–Trinajstić information content (AvgIpc) is 2.77. The third kappa shape index (κ3) is 2.47. The van der Waals surface area contributed by atoms with Crippen LogP contribution >= 0.6 is 0 Å². The van der Waals surface area contributed by atoms with Crippen molar-refractivity contribution in [2.24, 2.45) is 11.0 Å². The van der Waals surface area contributed by atoms with Gasteiger partial charge >= 0.3 is 0 Å². The highest BCUT2D eigenvalue weighted by Gasteiger charge is 2.35. The van der Waals surface area contributed by atoms with E-state index in [0.29, 0.717) is 0 Å². The van der Waals surface area contributed by atoms with E-state index in [-0.39, 0.29) is 48.5 Å². The predicted octanol–water partition coefficient (Wildman–Crippen LogP) is 1.96. The van der Waals surface area contributed by atoms with Crippen molar-refractivity contribution >= 4 is 17.3 Å². The maximum atomic E-state index is 11.9. The summed E-state index contributed by atoms with van der Waals surface area (Å²) in [6.45, 7) is 0.316. The third-order valence-corrected chi connectivity index (χ3v) is 3.07. The van der Waals surface area contributed by atoms with Gasteiger partial charge in [-0.25, -0.2) is 0 Å². The fraction of sp³-hybridized carbons (Fsp3) is 0.364. The zero-order valence-corrected chi connectivity index (χ0v) is 10.3. The van der Waals surface area contributed by atoms with Crippen LogP contribution in [0.3, 0.4) is 0 Å². The van der Waals surface area contributed by atoms with Crippen LogP contribution in [0.2, 0.25) is 0 Å². The van der Waals surface area contributed by atoms with E-state index in [0.717, 1.165) is 0 Å². The van der Waals surface area contributed by atoms with E-state index in [9.17, 15) is 20.0 Å². The minimum Gasteiger partial charge on any atom is -0.505 e. The largest absolute Gasteiger partial charge is 0.505 e. The zero-order valence-electron chi connectivity index (χ0n) is 10.3.